The van der Waals surface area contributed by atoms with Crippen molar-refractivity contribution in [2.75, 3.05) is 6.61 Å². The van der Waals surface area contributed by atoms with Gasteiger partial charge in [0.25, 0.3) is 5.00 Å². The van der Waals surface area contributed by atoms with Gasteiger partial charge < -0.3 is 9.47 Å². The molecule has 15 heavy (non-hydrogen) atoms. The van der Waals surface area contributed by atoms with E-state index in [9.17, 15) is 4.79 Å². The van der Waals surface area contributed by atoms with E-state index in [-0.39, 0.29) is 5.17 Å². The number of aliphatic imine (C=N–C) groups is 1. The average molecular weight is 252 g/mol. The summed E-state index contributed by atoms with van der Waals surface area (Å²) in [7, 11) is 0. The van der Waals surface area contributed by atoms with Crippen LogP contribution < -0.4 is 0 Å². The summed E-state index contributed by atoms with van der Waals surface area (Å²) in [5.41, 5.74) is -0.880. The first-order valence-corrected chi connectivity index (χ1v) is 5.48. The number of nitrogens with zero attached hydrogens (tertiary/aromatic N) is 1. The molecule has 0 amide bonds. The average Bonchev–Trinajstić information content (AvgIpc) is 2.12. The lowest BCUT2D eigenvalue weighted by Gasteiger charge is -2.47. The van der Waals surface area contributed by atoms with Gasteiger partial charge in [-0.3, -0.25) is 0 Å². The van der Waals surface area contributed by atoms with Gasteiger partial charge in [-0.05, 0) is 13.8 Å². The molecule has 3 aliphatic heterocycles. The van der Waals surface area contributed by atoms with Gasteiger partial charge in [0.1, 0.15) is 11.3 Å². The van der Waals surface area contributed by atoms with E-state index in [0.717, 1.165) is 0 Å². The zero-order valence-electron chi connectivity index (χ0n) is 8.42. The number of hydrogen-bond donors (Lipinski definition) is 0. The molecule has 0 N–H and O–H groups in total. The van der Waals surface area contributed by atoms with Crippen LogP contribution in [0.3, 0.4) is 0 Å². The van der Waals surface area contributed by atoms with Gasteiger partial charge in [0.2, 0.25) is 0 Å². The SMILES string of the molecule is CCO[C@H]1C[C@@]2(C)OC(=O)[C@]1(Cl)N=C2Cl. The van der Waals surface area contributed by atoms with Crippen LogP contribution in [0.5, 0.6) is 0 Å². The van der Waals surface area contributed by atoms with E-state index in [1.54, 1.807) is 6.92 Å². The van der Waals surface area contributed by atoms with E-state index in [1.807, 2.05) is 6.92 Å². The number of ether oxygens (including phenoxy) is 2. The molecule has 0 saturated carbocycles. The van der Waals surface area contributed by atoms with Crippen LogP contribution in [0, 0.1) is 0 Å². The number of halogens is 2. The summed E-state index contributed by atoms with van der Waals surface area (Å²) in [6.07, 6.45) is -0.0313. The van der Waals surface area contributed by atoms with Crippen molar-refractivity contribution in [3.05, 3.63) is 0 Å². The molecule has 0 aromatic rings. The molecule has 0 unspecified atom stereocenters. The Kier molecular flexibility index (Phi) is 2.48. The van der Waals surface area contributed by atoms with E-state index >= 15 is 0 Å². The van der Waals surface area contributed by atoms with Crippen LogP contribution in [0.1, 0.15) is 20.3 Å². The highest BCUT2D eigenvalue weighted by molar-refractivity contribution is 6.68. The van der Waals surface area contributed by atoms with Crippen LogP contribution in [0.25, 0.3) is 0 Å². The summed E-state index contributed by atoms with van der Waals surface area (Å²) in [5.74, 6) is -0.583. The van der Waals surface area contributed by atoms with Gasteiger partial charge >= 0.3 is 5.97 Å². The third-order valence-electron chi connectivity index (χ3n) is 2.67. The number of rotatable bonds is 2. The van der Waals surface area contributed by atoms with Gasteiger partial charge in [0.15, 0.2) is 5.60 Å². The topological polar surface area (TPSA) is 47.9 Å². The Labute approximate surface area is 97.5 Å². The first-order valence-electron chi connectivity index (χ1n) is 4.72. The van der Waals surface area contributed by atoms with Gasteiger partial charge in [-0.1, -0.05) is 23.2 Å². The molecule has 4 nitrogen and oxygen atoms in total. The van der Waals surface area contributed by atoms with Crippen molar-refractivity contribution in [2.45, 2.75) is 37.0 Å². The van der Waals surface area contributed by atoms with Crippen LogP contribution in [0.4, 0.5) is 0 Å². The molecule has 3 aliphatic rings. The molecule has 3 rings (SSSR count). The maximum Gasteiger partial charge on any atom is 0.353 e. The third kappa shape index (κ3) is 1.47. The van der Waals surface area contributed by atoms with Crippen molar-refractivity contribution in [1.29, 1.82) is 0 Å². The molecule has 84 valence electrons. The van der Waals surface area contributed by atoms with Gasteiger partial charge in [-0.25, -0.2) is 9.79 Å². The predicted molar refractivity (Wildman–Crippen MR) is 56.4 cm³/mol. The molecule has 0 aliphatic carbocycles. The number of alkyl halides is 1. The summed E-state index contributed by atoms with van der Waals surface area (Å²) >= 11 is 12.0. The summed E-state index contributed by atoms with van der Waals surface area (Å²) in [5, 5.41) is 0.230. The zero-order chi connectivity index (χ0) is 11.3. The van der Waals surface area contributed by atoms with Gasteiger partial charge in [-0.2, -0.15) is 0 Å². The summed E-state index contributed by atoms with van der Waals surface area (Å²) in [6.45, 7) is 4.01. The largest absolute Gasteiger partial charge is 0.449 e. The lowest BCUT2D eigenvalue weighted by molar-refractivity contribution is -0.178. The number of esters is 1. The van der Waals surface area contributed by atoms with Crippen molar-refractivity contribution < 1.29 is 14.3 Å². The molecule has 3 atom stereocenters. The van der Waals surface area contributed by atoms with Gasteiger partial charge in [0.05, 0.1) is 0 Å². The molecule has 0 aromatic heterocycles. The predicted octanol–water partition coefficient (Wildman–Crippen LogP) is 1.68. The molecular formula is C9H11Cl2NO3. The first-order chi connectivity index (χ1) is 6.92. The Bertz CT molecular complexity index is 346. The Morgan fingerprint density at radius 1 is 1.73 bits per heavy atom. The minimum Gasteiger partial charge on any atom is -0.449 e. The van der Waals surface area contributed by atoms with E-state index in [1.165, 1.54) is 0 Å². The number of fused-ring (bicyclic) bond motifs is 2. The second kappa shape index (κ2) is 3.34. The minimum atomic E-state index is -1.50. The van der Waals surface area contributed by atoms with Gasteiger partial charge in [-0.15, -0.1) is 0 Å². The summed E-state index contributed by atoms with van der Waals surface area (Å²) in [4.78, 5) is 14.1. The van der Waals surface area contributed by atoms with Crippen LogP contribution in [-0.2, 0) is 14.3 Å². The van der Waals surface area contributed by atoms with Crippen LogP contribution in [-0.4, -0.2) is 34.5 Å². The maximum absolute atomic E-state index is 11.6. The summed E-state index contributed by atoms with van der Waals surface area (Å²) in [6, 6.07) is 0. The van der Waals surface area contributed by atoms with Crippen molar-refractivity contribution >= 4 is 34.3 Å². The Hall–Kier alpha value is -0.320. The normalized spacial score (nSPS) is 43.9. The highest BCUT2D eigenvalue weighted by Gasteiger charge is 2.61. The highest BCUT2D eigenvalue weighted by atomic mass is 35.5. The molecular weight excluding hydrogens is 241 g/mol. The maximum atomic E-state index is 11.6. The van der Waals surface area contributed by atoms with Crippen molar-refractivity contribution in [3.8, 4) is 0 Å². The van der Waals surface area contributed by atoms with Crippen molar-refractivity contribution in [2.24, 2.45) is 4.99 Å². The smallest absolute Gasteiger partial charge is 0.353 e. The van der Waals surface area contributed by atoms with Gasteiger partial charge in [0, 0.05) is 13.0 Å². The van der Waals surface area contributed by atoms with E-state index in [0.29, 0.717) is 13.0 Å². The van der Waals surface area contributed by atoms with Crippen LogP contribution in [0.2, 0.25) is 0 Å². The van der Waals surface area contributed by atoms with E-state index < -0.39 is 22.7 Å². The minimum absolute atomic E-state index is 0.230. The molecule has 3 heterocycles. The lowest BCUT2D eigenvalue weighted by atomic mass is 9.88. The van der Waals surface area contributed by atoms with Crippen LogP contribution >= 0.6 is 23.2 Å². The highest BCUT2D eigenvalue weighted by Crippen LogP contribution is 2.45. The quantitative estimate of drug-likeness (QED) is 0.426. The monoisotopic (exact) mass is 251 g/mol. The molecule has 1 fully saturated rings. The molecule has 0 aromatic carbocycles. The Morgan fingerprint density at radius 3 is 3.00 bits per heavy atom. The molecule has 0 radical (unpaired) electrons. The number of carbonyl (C=O) groups excluding carboxylic acids is 1. The van der Waals surface area contributed by atoms with E-state index in [4.69, 9.17) is 32.7 Å². The molecule has 0 spiro atoms. The van der Waals surface area contributed by atoms with Crippen molar-refractivity contribution in [3.63, 3.8) is 0 Å². The van der Waals surface area contributed by atoms with Crippen molar-refractivity contribution in [1.82, 2.24) is 0 Å². The second-order valence-corrected chi connectivity index (χ2v) is 4.78. The van der Waals surface area contributed by atoms with Crippen LogP contribution in [0.15, 0.2) is 4.99 Å². The third-order valence-corrected chi connectivity index (χ3v) is 3.64. The molecule has 2 bridgehead atoms. The first kappa shape index (κ1) is 11.2. The fourth-order valence-corrected chi connectivity index (χ4v) is 2.37. The number of hydrogen-bond acceptors (Lipinski definition) is 4. The summed E-state index contributed by atoms with van der Waals surface area (Å²) < 4.78 is 10.6. The fourth-order valence-electron chi connectivity index (χ4n) is 1.81. The van der Waals surface area contributed by atoms with E-state index in [2.05, 4.69) is 4.99 Å². The fraction of sp³-hybridized carbons (Fsp3) is 0.778. The number of carbonyl (C=O) groups is 1. The second-order valence-electron chi connectivity index (χ2n) is 3.84. The standard InChI is InChI=1S/C9H11Cl2NO3/c1-3-14-5-4-8(2)6(10)12-9(5,11)7(13)15-8/h5H,3-4H2,1-2H3/t5-,8+,9+/m0/s1. The Balaban J connectivity index is 2.41. The zero-order valence-corrected chi connectivity index (χ0v) is 9.93. The Morgan fingerprint density at radius 2 is 2.40 bits per heavy atom. The molecule has 1 saturated heterocycles. The molecule has 6 heteroatoms. The lowest BCUT2D eigenvalue weighted by Crippen LogP contribution is -2.63.